The van der Waals surface area contributed by atoms with Gasteiger partial charge in [-0.05, 0) is 48.4 Å². The molecule has 4 aromatic rings. The summed E-state index contributed by atoms with van der Waals surface area (Å²) >= 11 is 0. The standard InChI is InChI=1S/C23H21NO/c1-17-8-13-22-20(14-17)15-23(19-6-4-3-5-7-19)24(22)16-18-9-11-21(25-2)12-10-18/h3-15H,16H2,1-2H3. The first-order chi connectivity index (χ1) is 12.2. The Morgan fingerprint density at radius 1 is 0.840 bits per heavy atom. The normalized spacial score (nSPS) is 11.0. The summed E-state index contributed by atoms with van der Waals surface area (Å²) in [7, 11) is 1.70. The molecule has 0 saturated carbocycles. The van der Waals surface area contributed by atoms with Crippen LogP contribution in [0.1, 0.15) is 11.1 Å². The molecule has 4 rings (SSSR count). The lowest BCUT2D eigenvalue weighted by Crippen LogP contribution is -2.01. The second kappa shape index (κ2) is 6.48. The Morgan fingerprint density at radius 2 is 1.60 bits per heavy atom. The van der Waals surface area contributed by atoms with Crippen molar-refractivity contribution in [2.45, 2.75) is 13.5 Å². The topological polar surface area (TPSA) is 14.2 Å². The number of benzene rings is 3. The van der Waals surface area contributed by atoms with Gasteiger partial charge in [0, 0.05) is 23.1 Å². The molecule has 0 atom stereocenters. The SMILES string of the molecule is COc1ccc(Cn2c(-c3ccccc3)cc3cc(C)ccc32)cc1. The molecule has 0 aliphatic rings. The Labute approximate surface area is 148 Å². The van der Waals surface area contributed by atoms with Gasteiger partial charge in [0.25, 0.3) is 0 Å². The fourth-order valence-corrected chi connectivity index (χ4v) is 3.32. The van der Waals surface area contributed by atoms with E-state index in [0.29, 0.717) is 0 Å². The Hall–Kier alpha value is -3.00. The lowest BCUT2D eigenvalue weighted by atomic mass is 10.1. The second-order valence-electron chi connectivity index (χ2n) is 6.39. The van der Waals surface area contributed by atoms with Crippen LogP contribution in [-0.4, -0.2) is 11.7 Å². The van der Waals surface area contributed by atoms with E-state index in [4.69, 9.17) is 4.74 Å². The molecule has 0 spiro atoms. The van der Waals surface area contributed by atoms with Gasteiger partial charge in [0.2, 0.25) is 0 Å². The monoisotopic (exact) mass is 327 g/mol. The largest absolute Gasteiger partial charge is 0.497 e. The zero-order chi connectivity index (χ0) is 17.2. The molecule has 0 N–H and O–H groups in total. The summed E-state index contributed by atoms with van der Waals surface area (Å²) in [5.74, 6) is 0.889. The van der Waals surface area contributed by atoms with E-state index in [2.05, 4.69) is 78.2 Å². The summed E-state index contributed by atoms with van der Waals surface area (Å²) in [6.07, 6.45) is 0. The average Bonchev–Trinajstić information content (AvgIpc) is 3.00. The fraction of sp³-hybridized carbons (Fsp3) is 0.130. The van der Waals surface area contributed by atoms with Crippen molar-refractivity contribution in [1.29, 1.82) is 0 Å². The highest BCUT2D eigenvalue weighted by atomic mass is 16.5. The first kappa shape index (κ1) is 15.5. The van der Waals surface area contributed by atoms with Gasteiger partial charge in [-0.25, -0.2) is 0 Å². The van der Waals surface area contributed by atoms with Gasteiger partial charge in [-0.15, -0.1) is 0 Å². The van der Waals surface area contributed by atoms with Gasteiger partial charge in [-0.2, -0.15) is 0 Å². The van der Waals surface area contributed by atoms with Crippen LogP contribution in [-0.2, 0) is 6.54 Å². The highest BCUT2D eigenvalue weighted by Gasteiger charge is 2.11. The highest BCUT2D eigenvalue weighted by Crippen LogP contribution is 2.30. The van der Waals surface area contributed by atoms with E-state index in [0.717, 1.165) is 12.3 Å². The van der Waals surface area contributed by atoms with Crippen LogP contribution in [0.2, 0.25) is 0 Å². The van der Waals surface area contributed by atoms with E-state index in [9.17, 15) is 0 Å². The molecule has 1 aromatic heterocycles. The number of hydrogen-bond acceptors (Lipinski definition) is 1. The number of fused-ring (bicyclic) bond motifs is 1. The number of ether oxygens (including phenoxy) is 1. The summed E-state index contributed by atoms with van der Waals surface area (Å²) in [5.41, 5.74) is 6.30. The predicted octanol–water partition coefficient (Wildman–Crippen LogP) is 5.67. The highest BCUT2D eigenvalue weighted by molar-refractivity contribution is 5.87. The summed E-state index contributed by atoms with van der Waals surface area (Å²) in [5, 5.41) is 1.28. The summed E-state index contributed by atoms with van der Waals surface area (Å²) < 4.78 is 7.67. The van der Waals surface area contributed by atoms with E-state index in [-0.39, 0.29) is 0 Å². The molecule has 2 nitrogen and oxygen atoms in total. The van der Waals surface area contributed by atoms with E-state index in [1.165, 1.54) is 33.3 Å². The van der Waals surface area contributed by atoms with E-state index < -0.39 is 0 Å². The van der Waals surface area contributed by atoms with E-state index in [1.54, 1.807) is 7.11 Å². The van der Waals surface area contributed by atoms with Crippen LogP contribution in [0.15, 0.2) is 78.9 Å². The number of rotatable bonds is 4. The fourth-order valence-electron chi connectivity index (χ4n) is 3.32. The molecule has 0 unspecified atom stereocenters. The van der Waals surface area contributed by atoms with Crippen LogP contribution in [0.25, 0.3) is 22.2 Å². The van der Waals surface area contributed by atoms with Crippen LogP contribution in [0.3, 0.4) is 0 Å². The molecular formula is C23H21NO. The summed E-state index contributed by atoms with van der Waals surface area (Å²) in [6.45, 7) is 2.98. The molecule has 0 aliphatic heterocycles. The van der Waals surface area contributed by atoms with Gasteiger partial charge >= 0.3 is 0 Å². The Bertz CT molecular complexity index is 998. The number of aromatic nitrogens is 1. The minimum atomic E-state index is 0.834. The van der Waals surface area contributed by atoms with Crippen molar-refractivity contribution in [2.24, 2.45) is 0 Å². The van der Waals surface area contributed by atoms with Crippen molar-refractivity contribution in [3.63, 3.8) is 0 Å². The van der Waals surface area contributed by atoms with Crippen molar-refractivity contribution in [2.75, 3.05) is 7.11 Å². The van der Waals surface area contributed by atoms with Crippen molar-refractivity contribution >= 4 is 10.9 Å². The van der Waals surface area contributed by atoms with Crippen molar-refractivity contribution in [3.8, 4) is 17.0 Å². The molecule has 3 aromatic carbocycles. The van der Waals surface area contributed by atoms with E-state index in [1.807, 2.05) is 12.1 Å². The number of aryl methyl sites for hydroxylation is 1. The van der Waals surface area contributed by atoms with Gasteiger partial charge in [-0.3, -0.25) is 0 Å². The summed E-state index contributed by atoms with van der Waals surface area (Å²) in [6, 6.07) is 27.9. The number of nitrogens with zero attached hydrogens (tertiary/aromatic N) is 1. The summed E-state index contributed by atoms with van der Waals surface area (Å²) in [4.78, 5) is 0. The Morgan fingerprint density at radius 3 is 2.32 bits per heavy atom. The van der Waals surface area contributed by atoms with Crippen molar-refractivity contribution in [1.82, 2.24) is 4.57 Å². The second-order valence-corrected chi connectivity index (χ2v) is 6.39. The molecule has 0 radical (unpaired) electrons. The third-order valence-electron chi connectivity index (χ3n) is 4.63. The van der Waals surface area contributed by atoms with Crippen LogP contribution >= 0.6 is 0 Å². The number of methoxy groups -OCH3 is 1. The minimum Gasteiger partial charge on any atom is -0.497 e. The Balaban J connectivity index is 1.84. The molecule has 0 amide bonds. The zero-order valence-corrected chi connectivity index (χ0v) is 14.6. The van der Waals surface area contributed by atoms with Crippen molar-refractivity contribution in [3.05, 3.63) is 90.0 Å². The van der Waals surface area contributed by atoms with Gasteiger partial charge in [0.15, 0.2) is 0 Å². The molecule has 25 heavy (non-hydrogen) atoms. The third-order valence-corrected chi connectivity index (χ3v) is 4.63. The molecule has 2 heteroatoms. The smallest absolute Gasteiger partial charge is 0.118 e. The van der Waals surface area contributed by atoms with E-state index >= 15 is 0 Å². The van der Waals surface area contributed by atoms with Crippen LogP contribution in [0.5, 0.6) is 5.75 Å². The maximum atomic E-state index is 5.27. The lowest BCUT2D eigenvalue weighted by molar-refractivity contribution is 0.414. The van der Waals surface area contributed by atoms with Gasteiger partial charge in [0.05, 0.1) is 7.11 Å². The molecule has 124 valence electrons. The van der Waals surface area contributed by atoms with Crippen molar-refractivity contribution < 1.29 is 4.74 Å². The van der Waals surface area contributed by atoms with Gasteiger partial charge in [0.1, 0.15) is 5.75 Å². The van der Waals surface area contributed by atoms with Crippen LogP contribution < -0.4 is 4.74 Å². The van der Waals surface area contributed by atoms with Crippen LogP contribution in [0, 0.1) is 6.92 Å². The third kappa shape index (κ3) is 3.03. The average molecular weight is 327 g/mol. The lowest BCUT2D eigenvalue weighted by Gasteiger charge is -2.12. The molecule has 0 bridgehead atoms. The first-order valence-corrected chi connectivity index (χ1v) is 8.53. The minimum absolute atomic E-state index is 0.834. The zero-order valence-electron chi connectivity index (χ0n) is 14.6. The van der Waals surface area contributed by atoms with Gasteiger partial charge in [-0.1, -0.05) is 54.1 Å². The first-order valence-electron chi connectivity index (χ1n) is 8.53. The maximum absolute atomic E-state index is 5.27. The molecule has 0 fully saturated rings. The molecular weight excluding hydrogens is 306 g/mol. The maximum Gasteiger partial charge on any atom is 0.118 e. The molecule has 1 heterocycles. The predicted molar refractivity (Wildman–Crippen MR) is 104 cm³/mol. The quantitative estimate of drug-likeness (QED) is 0.471. The van der Waals surface area contributed by atoms with Crippen LogP contribution in [0.4, 0.5) is 0 Å². The molecule has 0 aliphatic carbocycles. The van der Waals surface area contributed by atoms with Gasteiger partial charge < -0.3 is 9.30 Å². The molecule has 0 saturated heterocycles. The number of hydrogen-bond donors (Lipinski definition) is 0. The Kier molecular flexibility index (Phi) is 4.02.